The molecule has 0 aliphatic heterocycles. The summed E-state index contributed by atoms with van der Waals surface area (Å²) < 4.78 is 20.8. The number of amides is 1. The quantitative estimate of drug-likeness (QED) is 0.545. The molecule has 0 spiro atoms. The van der Waals surface area contributed by atoms with Gasteiger partial charge in [0, 0.05) is 24.2 Å². The standard InChI is InChI=1S/C18H17ClFN5O2S/c1-24(10-12-13(19)6-5-7-14(12)20)17(26)11-28-18-21-22-23-25(18)15-8-3-4-9-16(15)27-2/h3-9H,10-11H2,1-2H3. The van der Waals surface area contributed by atoms with Crippen molar-refractivity contribution in [2.45, 2.75) is 11.7 Å². The third kappa shape index (κ3) is 4.42. The predicted octanol–water partition coefficient (Wildman–Crippen LogP) is 3.21. The Balaban J connectivity index is 1.68. The van der Waals surface area contributed by atoms with Gasteiger partial charge in [0.15, 0.2) is 0 Å². The second-order valence-electron chi connectivity index (χ2n) is 5.78. The Morgan fingerprint density at radius 2 is 2.07 bits per heavy atom. The first kappa shape index (κ1) is 20.1. The van der Waals surface area contributed by atoms with Gasteiger partial charge in [-0.05, 0) is 34.7 Å². The molecule has 0 saturated heterocycles. The van der Waals surface area contributed by atoms with Gasteiger partial charge in [-0.1, -0.05) is 41.6 Å². The van der Waals surface area contributed by atoms with Crippen LogP contribution in [0.1, 0.15) is 5.56 Å². The van der Waals surface area contributed by atoms with Gasteiger partial charge in [0.1, 0.15) is 17.3 Å². The summed E-state index contributed by atoms with van der Waals surface area (Å²) in [6.45, 7) is 0.0718. The fourth-order valence-corrected chi connectivity index (χ4v) is 3.52. The van der Waals surface area contributed by atoms with Crippen molar-refractivity contribution in [3.05, 3.63) is 58.9 Å². The molecule has 0 bridgehead atoms. The number of hydrogen-bond acceptors (Lipinski definition) is 6. The Kier molecular flexibility index (Phi) is 6.48. The summed E-state index contributed by atoms with van der Waals surface area (Å²) in [5.74, 6) is 0.0334. The summed E-state index contributed by atoms with van der Waals surface area (Å²) in [6.07, 6.45) is 0. The Bertz CT molecular complexity index is 964. The fraction of sp³-hybridized carbons (Fsp3) is 0.222. The van der Waals surface area contributed by atoms with Gasteiger partial charge in [-0.3, -0.25) is 4.79 Å². The van der Waals surface area contributed by atoms with Crippen LogP contribution in [0.15, 0.2) is 47.6 Å². The highest BCUT2D eigenvalue weighted by atomic mass is 35.5. The zero-order chi connectivity index (χ0) is 20.1. The summed E-state index contributed by atoms with van der Waals surface area (Å²) >= 11 is 7.21. The number of thioether (sulfide) groups is 1. The largest absolute Gasteiger partial charge is 0.494 e. The molecular formula is C18H17ClFN5O2S. The van der Waals surface area contributed by atoms with Crippen LogP contribution in [-0.4, -0.2) is 50.9 Å². The van der Waals surface area contributed by atoms with Crippen LogP contribution in [0.5, 0.6) is 5.75 Å². The topological polar surface area (TPSA) is 73.1 Å². The van der Waals surface area contributed by atoms with E-state index in [2.05, 4.69) is 15.5 Å². The van der Waals surface area contributed by atoms with Crippen molar-refractivity contribution in [2.75, 3.05) is 19.9 Å². The number of ether oxygens (including phenoxy) is 1. The van der Waals surface area contributed by atoms with Crippen LogP contribution >= 0.6 is 23.4 Å². The summed E-state index contributed by atoms with van der Waals surface area (Å²) in [5, 5.41) is 12.3. The maximum atomic E-state index is 13.9. The van der Waals surface area contributed by atoms with E-state index >= 15 is 0 Å². The number of aromatic nitrogens is 4. The lowest BCUT2D eigenvalue weighted by molar-refractivity contribution is -0.127. The Hall–Kier alpha value is -2.65. The lowest BCUT2D eigenvalue weighted by atomic mass is 10.2. The van der Waals surface area contributed by atoms with Gasteiger partial charge in [0.2, 0.25) is 11.1 Å². The minimum Gasteiger partial charge on any atom is -0.494 e. The maximum absolute atomic E-state index is 13.9. The van der Waals surface area contributed by atoms with E-state index in [0.29, 0.717) is 16.6 Å². The van der Waals surface area contributed by atoms with Gasteiger partial charge in [-0.25, -0.2) is 4.39 Å². The molecule has 0 aliphatic carbocycles. The van der Waals surface area contributed by atoms with E-state index in [4.69, 9.17) is 16.3 Å². The van der Waals surface area contributed by atoms with Gasteiger partial charge in [0.25, 0.3) is 0 Å². The van der Waals surface area contributed by atoms with E-state index in [0.717, 1.165) is 0 Å². The minimum atomic E-state index is -0.445. The molecule has 0 atom stereocenters. The monoisotopic (exact) mass is 421 g/mol. The zero-order valence-corrected chi connectivity index (χ0v) is 16.7. The van der Waals surface area contributed by atoms with Gasteiger partial charge in [-0.2, -0.15) is 4.68 Å². The summed E-state index contributed by atoms with van der Waals surface area (Å²) in [7, 11) is 3.15. The van der Waals surface area contributed by atoms with E-state index in [1.165, 1.54) is 33.5 Å². The molecule has 0 radical (unpaired) electrons. The average molecular weight is 422 g/mol. The normalized spacial score (nSPS) is 10.7. The number of hydrogen-bond donors (Lipinski definition) is 0. The molecule has 10 heteroatoms. The first-order valence-corrected chi connectivity index (χ1v) is 9.59. The SMILES string of the molecule is COc1ccccc1-n1nnnc1SCC(=O)N(C)Cc1c(F)cccc1Cl. The highest BCUT2D eigenvalue weighted by Gasteiger charge is 2.18. The van der Waals surface area contributed by atoms with Gasteiger partial charge >= 0.3 is 0 Å². The van der Waals surface area contributed by atoms with E-state index in [-0.39, 0.29) is 28.8 Å². The molecule has 0 saturated carbocycles. The first-order valence-electron chi connectivity index (χ1n) is 8.22. The molecule has 1 aromatic heterocycles. The molecule has 28 heavy (non-hydrogen) atoms. The Labute approximate surface area is 170 Å². The van der Waals surface area contributed by atoms with Crippen molar-refractivity contribution in [3.63, 3.8) is 0 Å². The maximum Gasteiger partial charge on any atom is 0.233 e. The molecule has 0 N–H and O–H groups in total. The predicted molar refractivity (Wildman–Crippen MR) is 104 cm³/mol. The average Bonchev–Trinajstić information content (AvgIpc) is 3.17. The number of carbonyl (C=O) groups excluding carboxylic acids is 1. The van der Waals surface area contributed by atoms with Crippen LogP contribution in [0.2, 0.25) is 5.02 Å². The Morgan fingerprint density at radius 1 is 1.29 bits per heavy atom. The fourth-order valence-electron chi connectivity index (χ4n) is 2.47. The lowest BCUT2D eigenvalue weighted by Crippen LogP contribution is -2.28. The number of methoxy groups -OCH3 is 1. The molecule has 146 valence electrons. The second kappa shape index (κ2) is 9.03. The van der Waals surface area contributed by atoms with Crippen molar-refractivity contribution in [1.29, 1.82) is 0 Å². The second-order valence-corrected chi connectivity index (χ2v) is 7.13. The van der Waals surface area contributed by atoms with Crippen LogP contribution in [0.25, 0.3) is 5.69 Å². The van der Waals surface area contributed by atoms with Crippen LogP contribution in [0, 0.1) is 5.82 Å². The summed E-state index contributed by atoms with van der Waals surface area (Å²) in [5.41, 5.74) is 0.945. The first-order chi connectivity index (χ1) is 13.5. The van der Waals surface area contributed by atoms with Crippen LogP contribution in [-0.2, 0) is 11.3 Å². The highest BCUT2D eigenvalue weighted by molar-refractivity contribution is 7.99. The van der Waals surface area contributed by atoms with E-state index in [1.807, 2.05) is 18.2 Å². The molecule has 1 amide bonds. The third-order valence-corrected chi connectivity index (χ3v) is 5.22. The van der Waals surface area contributed by atoms with Gasteiger partial charge < -0.3 is 9.64 Å². The molecule has 0 aliphatic rings. The number of tetrazole rings is 1. The number of para-hydroxylation sites is 2. The van der Waals surface area contributed by atoms with Crippen LogP contribution in [0.4, 0.5) is 4.39 Å². The van der Waals surface area contributed by atoms with Crippen LogP contribution in [0.3, 0.4) is 0 Å². The molecule has 7 nitrogen and oxygen atoms in total. The van der Waals surface area contributed by atoms with Crippen molar-refractivity contribution >= 4 is 29.3 Å². The van der Waals surface area contributed by atoms with Gasteiger partial charge in [-0.15, -0.1) is 5.10 Å². The molecule has 0 unspecified atom stereocenters. The smallest absolute Gasteiger partial charge is 0.233 e. The van der Waals surface area contributed by atoms with E-state index in [9.17, 15) is 9.18 Å². The van der Waals surface area contributed by atoms with Gasteiger partial charge in [0.05, 0.1) is 12.9 Å². The van der Waals surface area contributed by atoms with Crippen molar-refractivity contribution in [1.82, 2.24) is 25.1 Å². The molecule has 0 fully saturated rings. The van der Waals surface area contributed by atoms with Crippen molar-refractivity contribution in [3.8, 4) is 11.4 Å². The molecule has 1 heterocycles. The third-order valence-electron chi connectivity index (χ3n) is 3.96. The molecule has 2 aromatic carbocycles. The van der Waals surface area contributed by atoms with Crippen LogP contribution < -0.4 is 4.74 Å². The minimum absolute atomic E-state index is 0.0718. The molecular weight excluding hydrogens is 405 g/mol. The summed E-state index contributed by atoms with van der Waals surface area (Å²) in [4.78, 5) is 13.9. The van der Waals surface area contributed by atoms with Crippen molar-refractivity contribution in [2.24, 2.45) is 0 Å². The zero-order valence-electron chi connectivity index (χ0n) is 15.2. The van der Waals surface area contributed by atoms with Crippen molar-refractivity contribution < 1.29 is 13.9 Å². The summed E-state index contributed by atoms with van der Waals surface area (Å²) in [6, 6.07) is 11.7. The highest BCUT2D eigenvalue weighted by Crippen LogP contribution is 2.26. The number of rotatable bonds is 7. The molecule has 3 aromatic rings. The number of halogens is 2. The molecule has 3 rings (SSSR count). The lowest BCUT2D eigenvalue weighted by Gasteiger charge is -2.18. The van der Waals surface area contributed by atoms with E-state index < -0.39 is 5.82 Å². The number of nitrogens with zero attached hydrogens (tertiary/aromatic N) is 5. The number of benzene rings is 2. The van der Waals surface area contributed by atoms with E-state index in [1.54, 1.807) is 26.3 Å². The Morgan fingerprint density at radius 3 is 2.82 bits per heavy atom. The number of carbonyl (C=O) groups is 1.